The van der Waals surface area contributed by atoms with Crippen LogP contribution in [0.3, 0.4) is 0 Å². The van der Waals surface area contributed by atoms with Crippen LogP contribution in [0, 0.1) is 5.82 Å². The Balaban J connectivity index is 2.19. The average Bonchev–Trinajstić information content (AvgIpc) is 2.47. The van der Waals surface area contributed by atoms with Gasteiger partial charge in [-0.25, -0.2) is 4.39 Å². The number of benzene rings is 1. The lowest BCUT2D eigenvalue weighted by Crippen LogP contribution is -2.23. The number of nitrogens with zero attached hydrogens (tertiary/aromatic N) is 1. The highest BCUT2D eigenvalue weighted by Gasteiger charge is 2.13. The van der Waals surface area contributed by atoms with E-state index in [4.69, 9.17) is 4.74 Å². The zero-order valence-electron chi connectivity index (χ0n) is 12.5. The van der Waals surface area contributed by atoms with Gasteiger partial charge in [-0.05, 0) is 49.2 Å². The maximum absolute atomic E-state index is 13.3. The number of halogens is 1. The van der Waals surface area contributed by atoms with Crippen LogP contribution in [-0.4, -0.2) is 18.1 Å². The van der Waals surface area contributed by atoms with Gasteiger partial charge in [0.1, 0.15) is 11.6 Å². The summed E-state index contributed by atoms with van der Waals surface area (Å²) in [5, 5.41) is 3.42. The molecule has 0 aliphatic heterocycles. The van der Waals surface area contributed by atoms with Gasteiger partial charge in [0.15, 0.2) is 0 Å². The maximum atomic E-state index is 13.3. The first-order chi connectivity index (χ1) is 10.2. The van der Waals surface area contributed by atoms with Gasteiger partial charge in [0.2, 0.25) is 0 Å². The van der Waals surface area contributed by atoms with E-state index >= 15 is 0 Å². The van der Waals surface area contributed by atoms with E-state index in [1.54, 1.807) is 18.3 Å². The van der Waals surface area contributed by atoms with Gasteiger partial charge in [-0.2, -0.15) is 0 Å². The smallest absolute Gasteiger partial charge is 0.137 e. The van der Waals surface area contributed by atoms with Gasteiger partial charge in [0, 0.05) is 12.2 Å². The Labute approximate surface area is 125 Å². The molecule has 1 N–H and O–H groups in total. The minimum absolute atomic E-state index is 0.0877. The fraction of sp³-hybridized carbons (Fsp3) is 0.353. The highest BCUT2D eigenvalue weighted by molar-refractivity contribution is 5.28. The Kier molecular flexibility index (Phi) is 5.69. The van der Waals surface area contributed by atoms with Gasteiger partial charge in [-0.3, -0.25) is 4.98 Å². The first-order valence-electron chi connectivity index (χ1n) is 7.28. The largest absolute Gasteiger partial charge is 0.492 e. The van der Waals surface area contributed by atoms with Crippen molar-refractivity contribution in [3.8, 4) is 5.75 Å². The van der Waals surface area contributed by atoms with E-state index < -0.39 is 0 Å². The predicted molar refractivity (Wildman–Crippen MR) is 81.9 cm³/mol. The summed E-state index contributed by atoms with van der Waals surface area (Å²) < 4.78 is 18.8. The molecule has 0 aliphatic rings. The van der Waals surface area contributed by atoms with Crippen LogP contribution in [0.2, 0.25) is 0 Å². The van der Waals surface area contributed by atoms with Crippen LogP contribution in [-0.2, 0) is 6.42 Å². The number of hydrogen-bond donors (Lipinski definition) is 1. The summed E-state index contributed by atoms with van der Waals surface area (Å²) >= 11 is 0. The first kappa shape index (κ1) is 15.4. The summed E-state index contributed by atoms with van der Waals surface area (Å²) in [7, 11) is 0. The quantitative estimate of drug-likeness (QED) is 0.846. The molecular weight excluding hydrogens is 267 g/mol. The molecule has 0 amide bonds. The van der Waals surface area contributed by atoms with Gasteiger partial charge in [0.05, 0.1) is 12.8 Å². The lowest BCUT2D eigenvalue weighted by atomic mass is 10.00. The molecule has 4 heteroatoms. The van der Waals surface area contributed by atoms with Gasteiger partial charge < -0.3 is 10.1 Å². The molecule has 112 valence electrons. The number of nitrogens with one attached hydrogen (secondary N) is 1. The number of rotatable bonds is 7. The Morgan fingerprint density at radius 2 is 2.10 bits per heavy atom. The molecule has 0 bridgehead atoms. The van der Waals surface area contributed by atoms with Gasteiger partial charge >= 0.3 is 0 Å². The molecule has 1 atom stereocenters. The molecule has 1 unspecified atom stereocenters. The topological polar surface area (TPSA) is 34.2 Å². The molecule has 1 heterocycles. The predicted octanol–water partition coefficient (Wildman–Crippen LogP) is 3.51. The van der Waals surface area contributed by atoms with Crippen LogP contribution in [0.15, 0.2) is 42.7 Å². The molecule has 21 heavy (non-hydrogen) atoms. The molecule has 0 fully saturated rings. The van der Waals surface area contributed by atoms with Crippen molar-refractivity contribution < 1.29 is 9.13 Å². The van der Waals surface area contributed by atoms with Crippen molar-refractivity contribution in [3.63, 3.8) is 0 Å². The second-order valence-electron chi connectivity index (χ2n) is 4.83. The van der Waals surface area contributed by atoms with E-state index in [-0.39, 0.29) is 11.9 Å². The molecular formula is C17H21FN2O. The normalized spacial score (nSPS) is 12.1. The fourth-order valence-electron chi connectivity index (χ4n) is 2.33. The van der Waals surface area contributed by atoms with Gasteiger partial charge in [-0.1, -0.05) is 19.1 Å². The standard InChI is InChI=1S/C17H21FN2O/c1-3-20-17(9-13-6-5-7-15(18)8-13)14-10-16(21-4-2)12-19-11-14/h5-8,10-12,17,20H,3-4,9H2,1-2H3. The van der Waals surface area contributed by atoms with E-state index in [0.29, 0.717) is 13.0 Å². The highest BCUT2D eigenvalue weighted by Crippen LogP contribution is 2.22. The summed E-state index contributed by atoms with van der Waals surface area (Å²) in [6, 6.07) is 8.79. The second kappa shape index (κ2) is 7.74. The van der Waals surface area contributed by atoms with Crippen LogP contribution < -0.4 is 10.1 Å². The van der Waals surface area contributed by atoms with Crippen LogP contribution >= 0.6 is 0 Å². The Hall–Kier alpha value is -1.94. The lowest BCUT2D eigenvalue weighted by Gasteiger charge is -2.19. The van der Waals surface area contributed by atoms with Crippen molar-refractivity contribution in [1.82, 2.24) is 10.3 Å². The SMILES string of the molecule is CCNC(Cc1cccc(F)c1)c1cncc(OCC)c1. The molecule has 2 aromatic rings. The summed E-state index contributed by atoms with van der Waals surface area (Å²) in [5.74, 6) is 0.557. The monoisotopic (exact) mass is 288 g/mol. The molecule has 0 spiro atoms. The minimum Gasteiger partial charge on any atom is -0.492 e. The van der Waals surface area contributed by atoms with Crippen LogP contribution in [0.4, 0.5) is 4.39 Å². The zero-order valence-corrected chi connectivity index (χ0v) is 12.5. The second-order valence-corrected chi connectivity index (χ2v) is 4.83. The van der Waals surface area contributed by atoms with Crippen molar-refractivity contribution in [1.29, 1.82) is 0 Å². The van der Waals surface area contributed by atoms with Crippen LogP contribution in [0.1, 0.15) is 31.0 Å². The number of ether oxygens (including phenoxy) is 1. The molecule has 1 aromatic heterocycles. The van der Waals surface area contributed by atoms with Gasteiger partial charge in [0.25, 0.3) is 0 Å². The zero-order chi connectivity index (χ0) is 15.1. The Morgan fingerprint density at radius 3 is 2.81 bits per heavy atom. The Bertz CT molecular complexity index is 574. The molecule has 0 radical (unpaired) electrons. The maximum Gasteiger partial charge on any atom is 0.137 e. The first-order valence-corrected chi connectivity index (χ1v) is 7.28. The Morgan fingerprint density at radius 1 is 1.24 bits per heavy atom. The van der Waals surface area contributed by atoms with Gasteiger partial charge in [-0.15, -0.1) is 0 Å². The third-order valence-corrected chi connectivity index (χ3v) is 3.23. The molecule has 1 aromatic carbocycles. The molecule has 2 rings (SSSR count). The fourth-order valence-corrected chi connectivity index (χ4v) is 2.33. The number of hydrogen-bond acceptors (Lipinski definition) is 3. The van der Waals surface area contributed by atoms with E-state index in [1.165, 1.54) is 6.07 Å². The number of pyridine rings is 1. The molecule has 3 nitrogen and oxygen atoms in total. The van der Waals surface area contributed by atoms with Crippen molar-refractivity contribution in [2.24, 2.45) is 0 Å². The minimum atomic E-state index is -0.205. The molecule has 0 saturated carbocycles. The summed E-state index contributed by atoms with van der Waals surface area (Å²) in [4.78, 5) is 4.23. The summed E-state index contributed by atoms with van der Waals surface area (Å²) in [5.41, 5.74) is 2.01. The van der Waals surface area contributed by atoms with Crippen molar-refractivity contribution in [2.45, 2.75) is 26.3 Å². The number of aromatic nitrogens is 1. The van der Waals surface area contributed by atoms with Crippen LogP contribution in [0.25, 0.3) is 0 Å². The van der Waals surface area contributed by atoms with Crippen molar-refractivity contribution >= 4 is 0 Å². The number of likely N-dealkylation sites (N-methyl/N-ethyl adjacent to an activating group) is 1. The van der Waals surface area contributed by atoms with E-state index in [9.17, 15) is 4.39 Å². The van der Waals surface area contributed by atoms with E-state index in [1.807, 2.05) is 25.3 Å². The third-order valence-electron chi connectivity index (χ3n) is 3.23. The summed E-state index contributed by atoms with van der Waals surface area (Å²) in [6.45, 7) is 5.44. The van der Waals surface area contributed by atoms with Crippen LogP contribution in [0.5, 0.6) is 5.75 Å². The summed E-state index contributed by atoms with van der Waals surface area (Å²) in [6.07, 6.45) is 4.25. The third kappa shape index (κ3) is 4.53. The van der Waals surface area contributed by atoms with E-state index in [0.717, 1.165) is 23.4 Å². The average molecular weight is 288 g/mol. The highest BCUT2D eigenvalue weighted by atomic mass is 19.1. The molecule has 0 aliphatic carbocycles. The van der Waals surface area contributed by atoms with Crippen molar-refractivity contribution in [2.75, 3.05) is 13.2 Å². The lowest BCUT2D eigenvalue weighted by molar-refractivity contribution is 0.338. The van der Waals surface area contributed by atoms with E-state index in [2.05, 4.69) is 17.2 Å². The molecule has 0 saturated heterocycles. The van der Waals surface area contributed by atoms with Crippen molar-refractivity contribution in [3.05, 3.63) is 59.7 Å².